The van der Waals surface area contributed by atoms with Gasteiger partial charge < -0.3 is 5.11 Å². The van der Waals surface area contributed by atoms with Gasteiger partial charge >= 0.3 is 0 Å². The number of phenolic OH excluding ortho intramolecular Hbond substituents is 1. The van der Waals surface area contributed by atoms with Crippen LogP contribution in [0.15, 0.2) is 16.6 Å². The first-order chi connectivity index (χ1) is 6.06. The summed E-state index contributed by atoms with van der Waals surface area (Å²) < 4.78 is 13.3. The Balaban J connectivity index is 3.28. The van der Waals surface area contributed by atoms with Crippen molar-refractivity contribution >= 4 is 37.6 Å². The number of carbonyl (C=O) groups excluding carboxylic acids is 1. The Bertz CT molecular complexity index is 352. The Hall–Kier alpha value is -0.420. The number of phenols is 1. The molecular weight excluding hydrogens is 307 g/mol. The summed E-state index contributed by atoms with van der Waals surface area (Å²) >= 11 is 5.96. The molecule has 0 fully saturated rings. The summed E-state index contributed by atoms with van der Waals surface area (Å²) in [6.45, 7) is 0. The highest BCUT2D eigenvalue weighted by Gasteiger charge is 2.14. The van der Waals surface area contributed by atoms with Crippen LogP contribution in [0.1, 0.15) is 10.4 Å². The van der Waals surface area contributed by atoms with Crippen molar-refractivity contribution in [3.63, 3.8) is 0 Å². The molecule has 13 heavy (non-hydrogen) atoms. The van der Waals surface area contributed by atoms with Gasteiger partial charge in [0, 0.05) is 4.47 Å². The summed E-state index contributed by atoms with van der Waals surface area (Å²) in [6, 6.07) is 2.47. The van der Waals surface area contributed by atoms with E-state index >= 15 is 0 Å². The number of ketones is 1. The number of hydrogen-bond acceptors (Lipinski definition) is 2. The quantitative estimate of drug-likeness (QED) is 0.673. The van der Waals surface area contributed by atoms with Gasteiger partial charge in [-0.25, -0.2) is 4.39 Å². The van der Waals surface area contributed by atoms with E-state index in [1.807, 2.05) is 0 Å². The number of carbonyl (C=O) groups is 1. The highest BCUT2D eigenvalue weighted by molar-refractivity contribution is 9.10. The molecule has 0 aromatic heterocycles. The minimum Gasteiger partial charge on any atom is -0.504 e. The molecule has 1 rings (SSSR count). The highest BCUT2D eigenvalue weighted by atomic mass is 79.9. The van der Waals surface area contributed by atoms with E-state index in [4.69, 9.17) is 0 Å². The van der Waals surface area contributed by atoms with Crippen LogP contribution in [0.2, 0.25) is 0 Å². The van der Waals surface area contributed by atoms with E-state index in [0.717, 1.165) is 6.07 Å². The lowest BCUT2D eigenvalue weighted by Gasteiger charge is -2.03. The lowest BCUT2D eigenvalue weighted by Crippen LogP contribution is -2.01. The molecule has 0 aliphatic rings. The molecule has 0 unspecified atom stereocenters. The predicted octanol–water partition coefficient (Wildman–Crippen LogP) is 2.87. The summed E-state index contributed by atoms with van der Waals surface area (Å²) in [5, 5.41) is 9.24. The molecule has 1 aromatic rings. The van der Waals surface area contributed by atoms with E-state index in [-0.39, 0.29) is 16.7 Å². The summed E-state index contributed by atoms with van der Waals surface area (Å²) in [4.78, 5) is 11.1. The Morgan fingerprint density at radius 3 is 2.69 bits per heavy atom. The van der Waals surface area contributed by atoms with Crippen molar-refractivity contribution in [3.05, 3.63) is 28.0 Å². The fourth-order valence-corrected chi connectivity index (χ4v) is 1.58. The zero-order chi connectivity index (χ0) is 10.0. The van der Waals surface area contributed by atoms with Crippen molar-refractivity contribution in [1.82, 2.24) is 0 Å². The summed E-state index contributed by atoms with van der Waals surface area (Å²) in [6.07, 6.45) is 0. The van der Waals surface area contributed by atoms with E-state index in [1.54, 1.807) is 0 Å². The van der Waals surface area contributed by atoms with E-state index in [9.17, 15) is 14.3 Å². The average Bonchev–Trinajstić information content (AvgIpc) is 2.10. The summed E-state index contributed by atoms with van der Waals surface area (Å²) in [5.74, 6) is -1.77. The number of Topliss-reactive ketones (excluding diaryl/α,β-unsaturated/α-hetero) is 1. The molecule has 0 heterocycles. The first-order valence-corrected chi connectivity index (χ1v) is 5.25. The molecule has 0 bridgehead atoms. The Morgan fingerprint density at radius 1 is 1.54 bits per heavy atom. The van der Waals surface area contributed by atoms with Crippen molar-refractivity contribution in [2.24, 2.45) is 0 Å². The van der Waals surface area contributed by atoms with E-state index in [0.29, 0.717) is 4.47 Å². The van der Waals surface area contributed by atoms with Crippen LogP contribution in [0.5, 0.6) is 5.75 Å². The van der Waals surface area contributed by atoms with Gasteiger partial charge in [0.25, 0.3) is 0 Å². The second-order valence-electron chi connectivity index (χ2n) is 2.34. The minimum absolute atomic E-state index is 0.0243. The third-order valence-corrected chi connectivity index (χ3v) is 2.42. The molecule has 0 saturated heterocycles. The SMILES string of the molecule is O=C(CBr)c1cc(Br)cc(F)c1O. The van der Waals surface area contributed by atoms with Crippen LogP contribution in [0.3, 0.4) is 0 Å². The summed E-state index contributed by atoms with van der Waals surface area (Å²) in [7, 11) is 0. The fourth-order valence-electron chi connectivity index (χ4n) is 0.851. The van der Waals surface area contributed by atoms with Crippen LogP contribution in [-0.2, 0) is 0 Å². The largest absolute Gasteiger partial charge is 0.504 e. The molecule has 0 aliphatic carbocycles. The van der Waals surface area contributed by atoms with Gasteiger partial charge in [0.05, 0.1) is 10.9 Å². The van der Waals surface area contributed by atoms with Gasteiger partial charge in [0.15, 0.2) is 17.3 Å². The fraction of sp³-hybridized carbons (Fsp3) is 0.125. The van der Waals surface area contributed by atoms with E-state index < -0.39 is 11.6 Å². The van der Waals surface area contributed by atoms with Gasteiger partial charge in [-0.15, -0.1) is 0 Å². The molecule has 0 aliphatic heterocycles. The first kappa shape index (κ1) is 10.7. The maximum atomic E-state index is 12.9. The highest BCUT2D eigenvalue weighted by Crippen LogP contribution is 2.26. The second kappa shape index (κ2) is 4.19. The molecule has 0 amide bonds. The monoisotopic (exact) mass is 310 g/mol. The molecule has 0 atom stereocenters. The Labute approximate surface area is 91.0 Å². The van der Waals surface area contributed by atoms with Crippen LogP contribution in [0, 0.1) is 5.82 Å². The van der Waals surface area contributed by atoms with Crippen LogP contribution in [0.4, 0.5) is 4.39 Å². The zero-order valence-electron chi connectivity index (χ0n) is 6.35. The molecule has 5 heteroatoms. The second-order valence-corrected chi connectivity index (χ2v) is 3.82. The van der Waals surface area contributed by atoms with Gasteiger partial charge in [-0.3, -0.25) is 4.79 Å². The van der Waals surface area contributed by atoms with Crippen molar-refractivity contribution in [1.29, 1.82) is 0 Å². The first-order valence-electron chi connectivity index (χ1n) is 3.33. The molecule has 1 N–H and O–H groups in total. The molecule has 0 spiro atoms. The van der Waals surface area contributed by atoms with Gasteiger partial charge in [-0.05, 0) is 12.1 Å². The van der Waals surface area contributed by atoms with Crippen molar-refractivity contribution in [2.75, 3.05) is 5.33 Å². The maximum absolute atomic E-state index is 12.9. The van der Waals surface area contributed by atoms with Crippen LogP contribution >= 0.6 is 31.9 Å². The molecule has 2 nitrogen and oxygen atoms in total. The van der Waals surface area contributed by atoms with Gasteiger partial charge in [0.2, 0.25) is 0 Å². The Kier molecular flexibility index (Phi) is 3.44. The Morgan fingerprint density at radius 2 is 2.15 bits per heavy atom. The topological polar surface area (TPSA) is 37.3 Å². The van der Waals surface area contributed by atoms with Gasteiger partial charge in [-0.2, -0.15) is 0 Å². The van der Waals surface area contributed by atoms with Gasteiger partial charge in [0.1, 0.15) is 0 Å². The third kappa shape index (κ3) is 2.28. The van der Waals surface area contributed by atoms with Crippen LogP contribution in [-0.4, -0.2) is 16.2 Å². The van der Waals surface area contributed by atoms with E-state index in [2.05, 4.69) is 31.9 Å². The number of rotatable bonds is 2. The minimum atomic E-state index is -0.807. The van der Waals surface area contributed by atoms with Gasteiger partial charge in [-0.1, -0.05) is 31.9 Å². The smallest absolute Gasteiger partial charge is 0.177 e. The molecule has 0 saturated carbocycles. The average molecular weight is 312 g/mol. The molecule has 0 radical (unpaired) electrons. The van der Waals surface area contributed by atoms with Crippen molar-refractivity contribution < 1.29 is 14.3 Å². The van der Waals surface area contributed by atoms with E-state index in [1.165, 1.54) is 6.07 Å². The summed E-state index contributed by atoms with van der Waals surface area (Å²) in [5.41, 5.74) is -0.0243. The van der Waals surface area contributed by atoms with Crippen molar-refractivity contribution in [3.8, 4) is 5.75 Å². The van der Waals surface area contributed by atoms with Crippen LogP contribution < -0.4 is 0 Å². The molecule has 1 aromatic carbocycles. The lowest BCUT2D eigenvalue weighted by molar-refractivity contribution is 0.102. The molecular formula is C8H5Br2FO2. The molecule has 70 valence electrons. The predicted molar refractivity (Wildman–Crippen MR) is 53.9 cm³/mol. The number of hydrogen-bond donors (Lipinski definition) is 1. The number of halogens is 3. The standard InChI is InChI=1S/C8H5Br2FO2/c9-3-7(12)5-1-4(10)2-6(11)8(5)13/h1-2,13H,3H2. The number of aromatic hydroxyl groups is 1. The normalized spacial score (nSPS) is 10.1. The number of alkyl halides is 1. The maximum Gasteiger partial charge on any atom is 0.177 e. The van der Waals surface area contributed by atoms with Crippen LogP contribution in [0.25, 0.3) is 0 Å². The van der Waals surface area contributed by atoms with Crippen molar-refractivity contribution in [2.45, 2.75) is 0 Å². The number of benzene rings is 1. The lowest BCUT2D eigenvalue weighted by atomic mass is 10.1. The third-order valence-electron chi connectivity index (χ3n) is 1.45. The zero-order valence-corrected chi connectivity index (χ0v) is 9.52.